The van der Waals surface area contributed by atoms with E-state index in [2.05, 4.69) is 4.74 Å². The lowest BCUT2D eigenvalue weighted by Crippen LogP contribution is -2.09. The molecule has 3 nitrogen and oxygen atoms in total. The Kier molecular flexibility index (Phi) is 3.61. The lowest BCUT2D eigenvalue weighted by Gasteiger charge is -1.98. The van der Waals surface area contributed by atoms with Crippen molar-refractivity contribution in [1.82, 2.24) is 0 Å². The zero-order valence-corrected chi connectivity index (χ0v) is 7.77. The van der Waals surface area contributed by atoms with Gasteiger partial charge in [0.15, 0.2) is 0 Å². The van der Waals surface area contributed by atoms with Crippen molar-refractivity contribution in [3.8, 4) is 0 Å². The van der Waals surface area contributed by atoms with Crippen molar-refractivity contribution in [1.29, 1.82) is 0 Å². The van der Waals surface area contributed by atoms with Crippen LogP contribution in [0.15, 0.2) is 42.5 Å². The van der Waals surface area contributed by atoms with Gasteiger partial charge in [-0.2, -0.15) is 0 Å². The van der Waals surface area contributed by atoms with Gasteiger partial charge < -0.3 is 4.74 Å². The second-order valence-corrected chi connectivity index (χ2v) is 2.57. The predicted molar refractivity (Wildman–Crippen MR) is 51.7 cm³/mol. The first-order chi connectivity index (χ1) is 6.74. The number of carbonyl (C=O) groups is 2. The highest BCUT2D eigenvalue weighted by Crippen LogP contribution is 2.01. The van der Waals surface area contributed by atoms with Gasteiger partial charge in [0.2, 0.25) is 0 Å². The highest BCUT2D eigenvalue weighted by molar-refractivity contribution is 5.99. The molecule has 0 aliphatic heterocycles. The third-order valence-corrected chi connectivity index (χ3v) is 1.51. The van der Waals surface area contributed by atoms with E-state index in [0.717, 1.165) is 0 Å². The van der Waals surface area contributed by atoms with Gasteiger partial charge in [-0.25, -0.2) is 9.59 Å². The molecule has 0 fully saturated rings. The van der Waals surface area contributed by atoms with Crippen molar-refractivity contribution >= 4 is 11.9 Å². The number of ether oxygens (including phenoxy) is 1. The second-order valence-electron chi connectivity index (χ2n) is 2.57. The Labute approximate surface area is 82.0 Å². The molecular formula is C11H10O3. The lowest BCUT2D eigenvalue weighted by molar-refractivity contribution is -0.132. The third-order valence-electron chi connectivity index (χ3n) is 1.51. The molecule has 0 saturated carbocycles. The van der Waals surface area contributed by atoms with Gasteiger partial charge in [0.1, 0.15) is 0 Å². The largest absolute Gasteiger partial charge is 0.386 e. The molecule has 1 rings (SSSR count). The Hall–Kier alpha value is -1.90. The number of rotatable bonds is 2. The maximum atomic E-state index is 11.3. The van der Waals surface area contributed by atoms with Crippen molar-refractivity contribution < 1.29 is 14.3 Å². The van der Waals surface area contributed by atoms with Crippen LogP contribution in [-0.2, 0) is 9.53 Å². The Balaban J connectivity index is 2.64. The molecule has 3 heteroatoms. The Morgan fingerprint density at radius 2 is 1.86 bits per heavy atom. The first kappa shape index (κ1) is 10.2. The molecule has 1 aromatic carbocycles. The molecule has 72 valence electrons. The van der Waals surface area contributed by atoms with Crippen LogP contribution >= 0.6 is 0 Å². The zero-order valence-electron chi connectivity index (χ0n) is 7.77. The lowest BCUT2D eigenvalue weighted by atomic mass is 10.2. The number of benzene rings is 1. The third kappa shape index (κ3) is 2.86. The van der Waals surface area contributed by atoms with E-state index >= 15 is 0 Å². The minimum Gasteiger partial charge on any atom is -0.386 e. The molecule has 0 radical (unpaired) electrons. The Morgan fingerprint density at radius 3 is 2.43 bits per heavy atom. The Morgan fingerprint density at radius 1 is 1.21 bits per heavy atom. The van der Waals surface area contributed by atoms with Crippen LogP contribution in [0.4, 0.5) is 0 Å². The molecule has 0 aliphatic rings. The van der Waals surface area contributed by atoms with Gasteiger partial charge in [0.05, 0.1) is 5.56 Å². The predicted octanol–water partition coefficient (Wildman–Crippen LogP) is 1.95. The second kappa shape index (κ2) is 4.97. The summed E-state index contributed by atoms with van der Waals surface area (Å²) in [7, 11) is 0. The minimum absolute atomic E-state index is 0.366. The van der Waals surface area contributed by atoms with Gasteiger partial charge in [0.25, 0.3) is 0 Å². The summed E-state index contributed by atoms with van der Waals surface area (Å²) in [6.45, 7) is 1.67. The maximum absolute atomic E-state index is 11.3. The normalized spacial score (nSPS) is 10.1. The van der Waals surface area contributed by atoms with Crippen LogP contribution in [0.3, 0.4) is 0 Å². The van der Waals surface area contributed by atoms with Crippen LogP contribution < -0.4 is 0 Å². The molecule has 0 aliphatic carbocycles. The number of hydrogen-bond donors (Lipinski definition) is 0. The summed E-state index contributed by atoms with van der Waals surface area (Å²) in [6, 6.07) is 8.37. The molecule has 0 saturated heterocycles. The molecule has 0 spiro atoms. The van der Waals surface area contributed by atoms with Crippen molar-refractivity contribution in [2.45, 2.75) is 6.92 Å². The van der Waals surface area contributed by atoms with Gasteiger partial charge in [-0.05, 0) is 19.1 Å². The number of esters is 2. The zero-order chi connectivity index (χ0) is 10.4. The number of allylic oxidation sites excluding steroid dienone is 1. The summed E-state index contributed by atoms with van der Waals surface area (Å²) in [5.74, 6) is -1.28. The first-order valence-corrected chi connectivity index (χ1v) is 4.18. The maximum Gasteiger partial charge on any atom is 0.346 e. The standard InChI is InChI=1S/C11H10O3/c1-2-6-10(12)14-11(13)9-7-4-3-5-8-9/h2-8H,1H3. The van der Waals surface area contributed by atoms with Crippen molar-refractivity contribution in [2.75, 3.05) is 0 Å². The fraction of sp³-hybridized carbons (Fsp3) is 0.0909. The summed E-state index contributed by atoms with van der Waals surface area (Å²) in [5.41, 5.74) is 0.366. The molecule has 1 aromatic rings. The molecule has 0 N–H and O–H groups in total. The number of hydrogen-bond acceptors (Lipinski definition) is 3. The van der Waals surface area contributed by atoms with Crippen LogP contribution in [0.2, 0.25) is 0 Å². The molecule has 0 bridgehead atoms. The van der Waals surface area contributed by atoms with Crippen LogP contribution in [0.5, 0.6) is 0 Å². The summed E-state index contributed by atoms with van der Waals surface area (Å²) in [6.07, 6.45) is 2.71. The van der Waals surface area contributed by atoms with E-state index in [9.17, 15) is 9.59 Å². The molecule has 0 unspecified atom stereocenters. The minimum atomic E-state index is -0.652. The molecule has 0 atom stereocenters. The average Bonchev–Trinajstić information content (AvgIpc) is 2.19. The SMILES string of the molecule is CC=CC(=O)OC(=O)c1ccccc1. The van der Waals surface area contributed by atoms with Gasteiger partial charge in [-0.15, -0.1) is 0 Å². The Bertz CT molecular complexity index is 352. The van der Waals surface area contributed by atoms with Crippen molar-refractivity contribution in [3.63, 3.8) is 0 Å². The molecule has 0 aromatic heterocycles. The van der Waals surface area contributed by atoms with Crippen LogP contribution in [-0.4, -0.2) is 11.9 Å². The van der Waals surface area contributed by atoms with E-state index in [4.69, 9.17) is 0 Å². The quantitative estimate of drug-likeness (QED) is 0.406. The van der Waals surface area contributed by atoms with E-state index in [0.29, 0.717) is 5.56 Å². The van der Waals surface area contributed by atoms with Crippen LogP contribution in [0, 0.1) is 0 Å². The van der Waals surface area contributed by atoms with Gasteiger partial charge in [-0.3, -0.25) is 0 Å². The first-order valence-electron chi connectivity index (χ1n) is 4.18. The van der Waals surface area contributed by atoms with Gasteiger partial charge in [-0.1, -0.05) is 24.3 Å². The van der Waals surface area contributed by atoms with E-state index in [1.165, 1.54) is 12.2 Å². The molecule has 0 heterocycles. The van der Waals surface area contributed by atoms with E-state index < -0.39 is 11.9 Å². The fourth-order valence-electron chi connectivity index (χ4n) is 0.895. The van der Waals surface area contributed by atoms with Gasteiger partial charge in [0, 0.05) is 6.08 Å². The molecule has 14 heavy (non-hydrogen) atoms. The van der Waals surface area contributed by atoms with Crippen LogP contribution in [0.1, 0.15) is 17.3 Å². The van der Waals surface area contributed by atoms with Crippen molar-refractivity contribution in [2.24, 2.45) is 0 Å². The van der Waals surface area contributed by atoms with Crippen LogP contribution in [0.25, 0.3) is 0 Å². The highest BCUT2D eigenvalue weighted by Gasteiger charge is 2.09. The smallest absolute Gasteiger partial charge is 0.346 e. The molecular weight excluding hydrogens is 180 g/mol. The van der Waals surface area contributed by atoms with E-state index in [1.807, 2.05) is 0 Å². The summed E-state index contributed by atoms with van der Waals surface area (Å²) in [5, 5.41) is 0. The van der Waals surface area contributed by atoms with E-state index in [-0.39, 0.29) is 0 Å². The molecule has 0 amide bonds. The summed E-state index contributed by atoms with van der Waals surface area (Å²) >= 11 is 0. The monoisotopic (exact) mass is 190 g/mol. The van der Waals surface area contributed by atoms with E-state index in [1.54, 1.807) is 37.3 Å². The highest BCUT2D eigenvalue weighted by atomic mass is 16.6. The number of carbonyl (C=O) groups excluding carboxylic acids is 2. The topological polar surface area (TPSA) is 43.4 Å². The van der Waals surface area contributed by atoms with Gasteiger partial charge >= 0.3 is 11.9 Å². The van der Waals surface area contributed by atoms with Crippen molar-refractivity contribution in [3.05, 3.63) is 48.0 Å². The average molecular weight is 190 g/mol. The summed E-state index contributed by atoms with van der Waals surface area (Å²) in [4.78, 5) is 22.1. The fourth-order valence-corrected chi connectivity index (χ4v) is 0.895. The summed E-state index contributed by atoms with van der Waals surface area (Å²) < 4.78 is 4.51.